The van der Waals surface area contributed by atoms with Crippen LogP contribution in [0.25, 0.3) is 5.57 Å². The molecule has 3 N–H and O–H groups in total. The number of alkyl halides is 1. The van der Waals surface area contributed by atoms with Crippen molar-refractivity contribution in [3.05, 3.63) is 54.1 Å². The van der Waals surface area contributed by atoms with Gasteiger partial charge in [-0.05, 0) is 43.9 Å². The van der Waals surface area contributed by atoms with E-state index in [9.17, 15) is 8.42 Å². The molecule has 1 aromatic heterocycles. The van der Waals surface area contributed by atoms with Gasteiger partial charge in [0.05, 0.1) is 11.4 Å². The molecule has 0 aromatic carbocycles. The van der Waals surface area contributed by atoms with E-state index < -0.39 is 15.7 Å². The van der Waals surface area contributed by atoms with Gasteiger partial charge in [0.25, 0.3) is 0 Å². The van der Waals surface area contributed by atoms with Crippen LogP contribution in [0.2, 0.25) is 0 Å². The minimum atomic E-state index is -3.97. The van der Waals surface area contributed by atoms with Crippen LogP contribution in [0.15, 0.2) is 47.7 Å². The maximum Gasteiger partial charge on any atom is 0.240 e. The minimum Gasteiger partial charge on any atom is -0.367 e. The van der Waals surface area contributed by atoms with E-state index >= 15 is 4.39 Å². The molecule has 0 spiro atoms. The van der Waals surface area contributed by atoms with Gasteiger partial charge in [-0.15, -0.1) is 0 Å². The Bertz CT molecular complexity index is 822. The highest BCUT2D eigenvalue weighted by Crippen LogP contribution is 2.40. The average molecular weight is 349 g/mol. The summed E-state index contributed by atoms with van der Waals surface area (Å²) in [5, 5.41) is 8.22. The predicted molar refractivity (Wildman–Crippen MR) is 90.9 cm³/mol. The second-order valence-corrected chi connectivity index (χ2v) is 7.63. The van der Waals surface area contributed by atoms with E-state index in [2.05, 4.69) is 10.3 Å². The molecule has 3 rings (SSSR count). The van der Waals surface area contributed by atoms with E-state index in [1.165, 1.54) is 12.1 Å². The molecular weight excluding hydrogens is 329 g/mol. The summed E-state index contributed by atoms with van der Waals surface area (Å²) in [6, 6.07) is 2.80. The zero-order valence-electron chi connectivity index (χ0n) is 13.2. The molecule has 1 saturated carbocycles. The van der Waals surface area contributed by atoms with E-state index in [0.717, 1.165) is 19.3 Å². The van der Waals surface area contributed by atoms with Crippen LogP contribution in [0.4, 0.5) is 4.39 Å². The number of nitrogens with two attached hydrogens (primary N) is 1. The van der Waals surface area contributed by atoms with Gasteiger partial charge in [0.2, 0.25) is 10.0 Å². The second-order valence-electron chi connectivity index (χ2n) is 6.10. The van der Waals surface area contributed by atoms with Crippen molar-refractivity contribution < 1.29 is 12.8 Å². The van der Waals surface area contributed by atoms with Crippen molar-refractivity contribution in [2.75, 3.05) is 0 Å². The van der Waals surface area contributed by atoms with Crippen molar-refractivity contribution in [3.8, 4) is 0 Å². The van der Waals surface area contributed by atoms with Gasteiger partial charge in [-0.3, -0.25) is 0 Å². The molecule has 0 atom stereocenters. The summed E-state index contributed by atoms with van der Waals surface area (Å²) in [6.07, 6.45) is 12.0. The molecule has 7 heteroatoms. The molecule has 24 heavy (non-hydrogen) atoms. The number of primary sulfonamides is 1. The molecular formula is C17H20FN3O2S. The Balaban J connectivity index is 2.13. The maximum absolute atomic E-state index is 15.3. The third-order valence-electron chi connectivity index (χ3n) is 4.36. The Labute approximate surface area is 141 Å². The molecule has 128 valence electrons. The Morgan fingerprint density at radius 3 is 2.62 bits per heavy atom. The fourth-order valence-electron chi connectivity index (χ4n) is 3.10. The average Bonchev–Trinajstić information content (AvgIpc) is 2.83. The van der Waals surface area contributed by atoms with Gasteiger partial charge in [0.1, 0.15) is 4.90 Å². The van der Waals surface area contributed by atoms with E-state index in [1.54, 1.807) is 30.6 Å². The smallest absolute Gasteiger partial charge is 0.240 e. The standard InChI is InChI=1S/C17H20FN3O2S/c18-17(9-3-1-4-10-17)15-8-7-14(24(19,22)23)16(21-15)13-6-2-5-11-20-12-13/h2,5-8,11-12,20H,1,3-4,9-10H2,(H2,19,22,23). The second kappa shape index (κ2) is 6.49. The number of hydrogen-bond acceptors (Lipinski definition) is 4. The third-order valence-corrected chi connectivity index (χ3v) is 5.30. The molecule has 0 unspecified atom stereocenters. The lowest BCUT2D eigenvalue weighted by Crippen LogP contribution is -2.26. The van der Waals surface area contributed by atoms with Crippen LogP contribution < -0.4 is 10.5 Å². The summed E-state index contributed by atoms with van der Waals surface area (Å²) in [4.78, 5) is 4.27. The number of hydrogen-bond donors (Lipinski definition) is 2. The number of pyridine rings is 1. The normalized spacial score (nSPS) is 20.2. The van der Waals surface area contributed by atoms with Crippen LogP contribution in [-0.2, 0) is 15.7 Å². The van der Waals surface area contributed by atoms with Gasteiger partial charge in [-0.2, -0.15) is 0 Å². The highest BCUT2D eigenvalue weighted by molar-refractivity contribution is 7.89. The van der Waals surface area contributed by atoms with Crippen LogP contribution in [0.3, 0.4) is 0 Å². The third kappa shape index (κ3) is 3.42. The van der Waals surface area contributed by atoms with Gasteiger partial charge in [0, 0.05) is 18.0 Å². The Kier molecular flexibility index (Phi) is 4.56. The maximum atomic E-state index is 15.3. The number of sulfonamides is 1. The lowest BCUT2D eigenvalue weighted by Gasteiger charge is -2.29. The number of nitrogens with zero attached hydrogens (tertiary/aromatic N) is 1. The number of allylic oxidation sites excluding steroid dienone is 4. The fraction of sp³-hybridized carbons (Fsp3) is 0.353. The van der Waals surface area contributed by atoms with Crippen LogP contribution >= 0.6 is 0 Å². The fourth-order valence-corrected chi connectivity index (χ4v) is 3.79. The number of nitrogens with one attached hydrogen (secondary N) is 1. The van der Waals surface area contributed by atoms with Crippen molar-refractivity contribution in [2.45, 2.75) is 42.7 Å². The highest BCUT2D eigenvalue weighted by atomic mass is 32.2. The van der Waals surface area contributed by atoms with Gasteiger partial charge < -0.3 is 5.32 Å². The van der Waals surface area contributed by atoms with Crippen LogP contribution in [0.1, 0.15) is 43.5 Å². The SMILES string of the molecule is NS(=O)(=O)c1ccc(C2(F)CCCCC2)nc1C1=CNC=CC=C1. The van der Waals surface area contributed by atoms with Crippen LogP contribution in [0, 0.1) is 0 Å². The van der Waals surface area contributed by atoms with Gasteiger partial charge >= 0.3 is 0 Å². The van der Waals surface area contributed by atoms with Crippen molar-refractivity contribution in [3.63, 3.8) is 0 Å². The van der Waals surface area contributed by atoms with Crippen LogP contribution in [0.5, 0.6) is 0 Å². The number of rotatable bonds is 3. The monoisotopic (exact) mass is 349 g/mol. The number of halogens is 1. The largest absolute Gasteiger partial charge is 0.367 e. The predicted octanol–water partition coefficient (Wildman–Crippen LogP) is 2.87. The van der Waals surface area contributed by atoms with Crippen molar-refractivity contribution >= 4 is 15.6 Å². The lowest BCUT2D eigenvalue weighted by molar-refractivity contribution is 0.101. The summed E-state index contributed by atoms with van der Waals surface area (Å²) in [5.74, 6) is 0. The molecule has 5 nitrogen and oxygen atoms in total. The summed E-state index contributed by atoms with van der Waals surface area (Å²) in [7, 11) is -3.97. The quantitative estimate of drug-likeness (QED) is 0.879. The molecule has 0 amide bonds. The van der Waals surface area contributed by atoms with Gasteiger partial charge in [-0.1, -0.05) is 18.6 Å². The molecule has 0 saturated heterocycles. The summed E-state index contributed by atoms with van der Waals surface area (Å²) >= 11 is 0. The molecule has 1 aliphatic heterocycles. The number of aromatic nitrogens is 1. The van der Waals surface area contributed by atoms with E-state index in [-0.39, 0.29) is 16.3 Å². The molecule has 0 radical (unpaired) electrons. The summed E-state index contributed by atoms with van der Waals surface area (Å²) in [6.45, 7) is 0. The first-order valence-electron chi connectivity index (χ1n) is 7.93. The molecule has 1 aromatic rings. The first-order valence-corrected chi connectivity index (χ1v) is 9.48. The van der Waals surface area contributed by atoms with Crippen molar-refractivity contribution in [1.29, 1.82) is 0 Å². The summed E-state index contributed by atoms with van der Waals surface area (Å²) < 4.78 is 39.1. The van der Waals surface area contributed by atoms with Crippen LogP contribution in [-0.4, -0.2) is 13.4 Å². The first-order chi connectivity index (χ1) is 11.4. The van der Waals surface area contributed by atoms with E-state index in [1.807, 2.05) is 0 Å². The zero-order chi connectivity index (χ0) is 17.2. The topological polar surface area (TPSA) is 85.1 Å². The zero-order valence-corrected chi connectivity index (χ0v) is 14.0. The molecule has 2 heterocycles. The highest BCUT2D eigenvalue weighted by Gasteiger charge is 2.36. The molecule has 2 aliphatic rings. The molecule has 0 bridgehead atoms. The first kappa shape index (κ1) is 16.9. The van der Waals surface area contributed by atoms with Gasteiger partial charge in [0.15, 0.2) is 5.67 Å². The Morgan fingerprint density at radius 2 is 1.92 bits per heavy atom. The van der Waals surface area contributed by atoms with E-state index in [0.29, 0.717) is 18.4 Å². The molecule has 1 aliphatic carbocycles. The minimum absolute atomic E-state index is 0.106. The Morgan fingerprint density at radius 1 is 1.17 bits per heavy atom. The lowest BCUT2D eigenvalue weighted by atomic mass is 9.83. The van der Waals surface area contributed by atoms with Crippen molar-refractivity contribution in [2.24, 2.45) is 5.14 Å². The Hall–Kier alpha value is -1.99. The van der Waals surface area contributed by atoms with Gasteiger partial charge in [-0.25, -0.2) is 22.9 Å². The summed E-state index contributed by atoms with van der Waals surface area (Å²) in [5.41, 5.74) is -0.531. The molecule has 1 fully saturated rings. The van der Waals surface area contributed by atoms with Crippen molar-refractivity contribution in [1.82, 2.24) is 10.3 Å². The van der Waals surface area contributed by atoms with E-state index in [4.69, 9.17) is 5.14 Å².